The number of rotatable bonds is 8. The smallest absolute Gasteiger partial charge is 0.215 e. The van der Waals surface area contributed by atoms with Crippen LogP contribution in [0.3, 0.4) is 0 Å². The molecule has 0 aliphatic carbocycles. The van der Waals surface area contributed by atoms with Crippen molar-refractivity contribution in [3.8, 4) is 0 Å². The van der Waals surface area contributed by atoms with E-state index >= 15 is 0 Å². The molecule has 0 saturated carbocycles. The highest BCUT2D eigenvalue weighted by Gasteiger charge is 2.24. The topological polar surface area (TPSA) is 63.5 Å². The Morgan fingerprint density at radius 2 is 2.00 bits per heavy atom. The van der Waals surface area contributed by atoms with Crippen LogP contribution in [0.5, 0.6) is 0 Å². The normalized spacial score (nSPS) is 11.9. The first kappa shape index (κ1) is 15.1. The Hall–Kier alpha value is -1.91. The van der Waals surface area contributed by atoms with Crippen LogP contribution in [-0.4, -0.2) is 30.8 Å². The van der Waals surface area contributed by atoms with Crippen LogP contribution in [0, 0.1) is 16.0 Å². The molecule has 0 bridgehead atoms. The number of Topliss-reactive ketones (excluding diaryl/α,β-unsaturated/α-hetero) is 1. The van der Waals surface area contributed by atoms with E-state index in [1.54, 1.807) is 0 Å². The molecule has 0 radical (unpaired) electrons. The Balaban J connectivity index is 2.71. The van der Waals surface area contributed by atoms with Gasteiger partial charge in [-0.25, -0.2) is 0 Å². The van der Waals surface area contributed by atoms with E-state index in [1.165, 1.54) is 0 Å². The second kappa shape index (κ2) is 7.51. The summed E-state index contributed by atoms with van der Waals surface area (Å²) in [5.41, 5.74) is 0.958. The van der Waals surface area contributed by atoms with Crippen molar-refractivity contribution in [2.24, 2.45) is 5.92 Å². The molecule has 1 atom stereocenters. The molecule has 19 heavy (non-hydrogen) atoms. The van der Waals surface area contributed by atoms with Crippen LogP contribution in [0.25, 0.3) is 0 Å². The van der Waals surface area contributed by atoms with Crippen LogP contribution in [0.1, 0.15) is 19.8 Å². The molecule has 5 nitrogen and oxygen atoms in total. The van der Waals surface area contributed by atoms with Crippen LogP contribution >= 0.6 is 0 Å². The van der Waals surface area contributed by atoms with Gasteiger partial charge in [-0.3, -0.25) is 14.9 Å². The Bertz CT molecular complexity index is 420. The number of carbonyl (C=O) groups is 1. The van der Waals surface area contributed by atoms with Gasteiger partial charge in [-0.2, -0.15) is 0 Å². The number of anilines is 1. The molecule has 0 aromatic heterocycles. The summed E-state index contributed by atoms with van der Waals surface area (Å²) in [6.45, 7) is 1.99. The molecule has 0 spiro atoms. The fourth-order valence-electron chi connectivity index (χ4n) is 2.01. The standard InChI is InChI=1S/C14H20N2O3/c1-3-7-14(17)12(11-16(18)19)10-15(2)13-8-5-4-6-9-13/h4-6,8-9,12H,3,7,10-11H2,1-2H3/t12-/m0/s1. The van der Waals surface area contributed by atoms with Crippen molar-refractivity contribution in [2.45, 2.75) is 19.8 Å². The first-order valence-corrected chi connectivity index (χ1v) is 6.45. The molecule has 0 saturated heterocycles. The van der Waals surface area contributed by atoms with E-state index in [4.69, 9.17) is 0 Å². The Labute approximate surface area is 113 Å². The highest BCUT2D eigenvalue weighted by Crippen LogP contribution is 2.15. The molecular weight excluding hydrogens is 244 g/mol. The molecule has 0 aliphatic heterocycles. The minimum atomic E-state index is -0.542. The maximum Gasteiger partial charge on any atom is 0.215 e. The predicted octanol–water partition coefficient (Wildman–Crippen LogP) is 2.38. The maximum atomic E-state index is 11.9. The van der Waals surface area contributed by atoms with Gasteiger partial charge in [-0.15, -0.1) is 0 Å². The summed E-state index contributed by atoms with van der Waals surface area (Å²) in [5.74, 6) is -0.567. The lowest BCUT2D eigenvalue weighted by Gasteiger charge is -2.23. The minimum Gasteiger partial charge on any atom is -0.374 e. The van der Waals surface area contributed by atoms with Crippen molar-refractivity contribution < 1.29 is 9.72 Å². The molecule has 0 unspecified atom stereocenters. The van der Waals surface area contributed by atoms with E-state index in [0.29, 0.717) is 13.0 Å². The number of carbonyl (C=O) groups excluding carboxylic acids is 1. The third kappa shape index (κ3) is 5.07. The summed E-state index contributed by atoms with van der Waals surface area (Å²) in [4.78, 5) is 24.1. The zero-order valence-corrected chi connectivity index (χ0v) is 11.4. The Morgan fingerprint density at radius 3 is 2.53 bits per heavy atom. The van der Waals surface area contributed by atoms with Crippen LogP contribution < -0.4 is 4.90 Å². The average molecular weight is 264 g/mol. The van der Waals surface area contributed by atoms with Gasteiger partial charge >= 0.3 is 0 Å². The van der Waals surface area contributed by atoms with Gasteiger partial charge in [-0.05, 0) is 18.6 Å². The zero-order chi connectivity index (χ0) is 14.3. The summed E-state index contributed by atoms with van der Waals surface area (Å²) in [6.07, 6.45) is 1.13. The number of benzene rings is 1. The third-order valence-corrected chi connectivity index (χ3v) is 3.01. The molecule has 0 amide bonds. The van der Waals surface area contributed by atoms with Gasteiger partial charge < -0.3 is 4.90 Å². The molecule has 0 fully saturated rings. The molecule has 1 aromatic carbocycles. The monoisotopic (exact) mass is 264 g/mol. The van der Waals surface area contributed by atoms with Crippen molar-refractivity contribution >= 4 is 11.5 Å². The number of hydrogen-bond donors (Lipinski definition) is 0. The molecule has 0 heterocycles. The lowest BCUT2D eigenvalue weighted by Crippen LogP contribution is -2.34. The molecule has 104 valence electrons. The Kier molecular flexibility index (Phi) is 5.99. The van der Waals surface area contributed by atoms with Crippen molar-refractivity contribution in [1.82, 2.24) is 0 Å². The lowest BCUT2D eigenvalue weighted by molar-refractivity contribution is -0.485. The fraction of sp³-hybridized carbons (Fsp3) is 0.500. The van der Waals surface area contributed by atoms with E-state index < -0.39 is 10.8 Å². The third-order valence-electron chi connectivity index (χ3n) is 3.01. The average Bonchev–Trinajstić information content (AvgIpc) is 2.38. The van der Waals surface area contributed by atoms with Gasteiger partial charge in [0.2, 0.25) is 6.54 Å². The maximum absolute atomic E-state index is 11.9. The summed E-state index contributed by atoms with van der Waals surface area (Å²) >= 11 is 0. The van der Waals surface area contributed by atoms with E-state index in [2.05, 4.69) is 0 Å². The second-order valence-corrected chi connectivity index (χ2v) is 4.64. The van der Waals surface area contributed by atoms with Gasteiger partial charge in [-0.1, -0.05) is 25.1 Å². The van der Waals surface area contributed by atoms with Crippen molar-refractivity contribution in [3.05, 3.63) is 40.4 Å². The zero-order valence-electron chi connectivity index (χ0n) is 11.4. The van der Waals surface area contributed by atoms with E-state index in [-0.39, 0.29) is 12.3 Å². The largest absolute Gasteiger partial charge is 0.374 e. The molecular formula is C14H20N2O3. The van der Waals surface area contributed by atoms with Gasteiger partial charge in [0, 0.05) is 30.6 Å². The van der Waals surface area contributed by atoms with Gasteiger partial charge in [0.15, 0.2) is 0 Å². The minimum absolute atomic E-state index is 0.0259. The number of ketones is 1. The first-order chi connectivity index (χ1) is 9.04. The van der Waals surface area contributed by atoms with Crippen molar-refractivity contribution in [2.75, 3.05) is 25.0 Å². The van der Waals surface area contributed by atoms with E-state index in [0.717, 1.165) is 12.1 Å². The first-order valence-electron chi connectivity index (χ1n) is 6.45. The Morgan fingerprint density at radius 1 is 1.37 bits per heavy atom. The van der Waals surface area contributed by atoms with Gasteiger partial charge in [0.05, 0.1) is 5.92 Å². The highest BCUT2D eigenvalue weighted by atomic mass is 16.6. The number of hydrogen-bond acceptors (Lipinski definition) is 4. The SMILES string of the molecule is CCCC(=O)[C@@H](CN(C)c1ccccc1)C[N+](=O)[O-]. The predicted molar refractivity (Wildman–Crippen MR) is 75.0 cm³/mol. The van der Waals surface area contributed by atoms with Crippen LogP contribution in [-0.2, 0) is 4.79 Å². The summed E-state index contributed by atoms with van der Waals surface area (Å²) in [6, 6.07) is 9.57. The van der Waals surface area contributed by atoms with E-state index in [1.807, 2.05) is 49.2 Å². The highest BCUT2D eigenvalue weighted by molar-refractivity contribution is 5.81. The quantitative estimate of drug-likeness (QED) is 0.534. The van der Waals surface area contributed by atoms with Crippen molar-refractivity contribution in [3.63, 3.8) is 0 Å². The van der Waals surface area contributed by atoms with Crippen LogP contribution in [0.2, 0.25) is 0 Å². The van der Waals surface area contributed by atoms with Crippen molar-refractivity contribution in [1.29, 1.82) is 0 Å². The van der Waals surface area contributed by atoms with Crippen LogP contribution in [0.15, 0.2) is 30.3 Å². The molecule has 1 rings (SSSR count). The van der Waals surface area contributed by atoms with Gasteiger partial charge in [0.25, 0.3) is 0 Å². The molecule has 1 aromatic rings. The number of nitrogens with zero attached hydrogens (tertiary/aromatic N) is 2. The van der Waals surface area contributed by atoms with Crippen LogP contribution in [0.4, 0.5) is 5.69 Å². The molecule has 0 N–H and O–H groups in total. The summed E-state index contributed by atoms with van der Waals surface area (Å²) in [7, 11) is 1.85. The summed E-state index contributed by atoms with van der Waals surface area (Å²) < 4.78 is 0. The summed E-state index contributed by atoms with van der Waals surface area (Å²) in [5, 5.41) is 10.7. The lowest BCUT2D eigenvalue weighted by atomic mass is 10.00. The molecule has 0 aliphatic rings. The molecule has 5 heteroatoms. The number of para-hydroxylation sites is 1. The van der Waals surface area contributed by atoms with Gasteiger partial charge in [0.1, 0.15) is 5.78 Å². The number of nitro groups is 1. The fourth-order valence-corrected chi connectivity index (χ4v) is 2.01. The second-order valence-electron chi connectivity index (χ2n) is 4.64. The van der Waals surface area contributed by atoms with E-state index in [9.17, 15) is 14.9 Å².